The molecule has 0 atom stereocenters. The third-order valence-corrected chi connectivity index (χ3v) is 5.53. The molecule has 1 aromatic carbocycles. The number of carbonyl (C=O) groups excluding carboxylic acids is 1. The summed E-state index contributed by atoms with van der Waals surface area (Å²) in [7, 11) is 0. The van der Waals surface area contributed by atoms with E-state index in [9.17, 15) is 9.59 Å². The van der Waals surface area contributed by atoms with Crippen LogP contribution >= 0.6 is 0 Å². The highest BCUT2D eigenvalue weighted by molar-refractivity contribution is 5.95. The summed E-state index contributed by atoms with van der Waals surface area (Å²) in [6, 6.07) is 16.3. The van der Waals surface area contributed by atoms with E-state index in [4.69, 9.17) is 4.98 Å². The van der Waals surface area contributed by atoms with Crippen LogP contribution in [0.1, 0.15) is 17.0 Å². The van der Waals surface area contributed by atoms with E-state index >= 15 is 0 Å². The predicted octanol–water partition coefficient (Wildman–Crippen LogP) is 3.31. The van der Waals surface area contributed by atoms with Crippen LogP contribution in [0.3, 0.4) is 0 Å². The van der Waals surface area contributed by atoms with Crippen LogP contribution in [0.4, 0.5) is 5.69 Å². The molecule has 34 heavy (non-hydrogen) atoms. The SMILES string of the molecule is Cc1cc(C)n(-c2ccc(=O)n(CC(=O)Nc3ccccc3-c3cn4cccc(C)c4n3)n2)n1. The molecular formula is C25H23N7O2. The van der Waals surface area contributed by atoms with Crippen LogP contribution in [0.15, 0.2) is 71.8 Å². The number of nitrogens with zero attached hydrogens (tertiary/aromatic N) is 6. The normalized spacial score (nSPS) is 11.1. The Morgan fingerprint density at radius 3 is 2.59 bits per heavy atom. The second-order valence-electron chi connectivity index (χ2n) is 8.17. The van der Waals surface area contributed by atoms with Crippen LogP contribution < -0.4 is 10.9 Å². The second-order valence-corrected chi connectivity index (χ2v) is 8.17. The van der Waals surface area contributed by atoms with Crippen molar-refractivity contribution in [2.45, 2.75) is 27.3 Å². The van der Waals surface area contributed by atoms with Crippen LogP contribution in [0, 0.1) is 20.8 Å². The molecule has 9 nitrogen and oxygen atoms in total. The molecule has 0 aliphatic carbocycles. The summed E-state index contributed by atoms with van der Waals surface area (Å²) in [5.74, 6) is 0.103. The number of pyridine rings is 1. The summed E-state index contributed by atoms with van der Waals surface area (Å²) >= 11 is 0. The highest BCUT2D eigenvalue weighted by atomic mass is 16.2. The maximum absolute atomic E-state index is 12.9. The lowest BCUT2D eigenvalue weighted by Crippen LogP contribution is -2.30. The van der Waals surface area contributed by atoms with Crippen molar-refractivity contribution in [3.05, 3.63) is 94.3 Å². The summed E-state index contributed by atoms with van der Waals surface area (Å²) < 4.78 is 4.74. The average molecular weight is 454 g/mol. The molecule has 1 N–H and O–H groups in total. The lowest BCUT2D eigenvalue weighted by Gasteiger charge is -2.11. The zero-order chi connectivity index (χ0) is 23.8. The number of para-hydroxylation sites is 1. The zero-order valence-corrected chi connectivity index (χ0v) is 19.1. The molecule has 0 saturated heterocycles. The maximum atomic E-state index is 12.9. The highest BCUT2D eigenvalue weighted by Gasteiger charge is 2.14. The molecule has 5 aromatic rings. The number of fused-ring (bicyclic) bond motifs is 1. The third kappa shape index (κ3) is 3.99. The Morgan fingerprint density at radius 1 is 1.00 bits per heavy atom. The van der Waals surface area contributed by atoms with Crippen molar-refractivity contribution in [3.8, 4) is 17.1 Å². The predicted molar refractivity (Wildman–Crippen MR) is 129 cm³/mol. The van der Waals surface area contributed by atoms with Gasteiger partial charge in [0.15, 0.2) is 5.82 Å². The van der Waals surface area contributed by atoms with Crippen molar-refractivity contribution in [3.63, 3.8) is 0 Å². The number of aryl methyl sites for hydroxylation is 3. The molecule has 0 bridgehead atoms. The van der Waals surface area contributed by atoms with Gasteiger partial charge in [-0.05, 0) is 50.6 Å². The molecule has 9 heteroatoms. The third-order valence-electron chi connectivity index (χ3n) is 5.53. The highest BCUT2D eigenvalue weighted by Crippen LogP contribution is 2.28. The van der Waals surface area contributed by atoms with Crippen LogP contribution in [0.5, 0.6) is 0 Å². The number of benzene rings is 1. The first kappa shape index (κ1) is 21.3. The van der Waals surface area contributed by atoms with E-state index in [0.29, 0.717) is 11.5 Å². The van der Waals surface area contributed by atoms with Crippen molar-refractivity contribution in [1.82, 2.24) is 28.9 Å². The monoisotopic (exact) mass is 453 g/mol. The van der Waals surface area contributed by atoms with Gasteiger partial charge in [0.05, 0.1) is 17.1 Å². The number of amides is 1. The Hall–Kier alpha value is -4.53. The van der Waals surface area contributed by atoms with Gasteiger partial charge in [0, 0.05) is 29.7 Å². The van der Waals surface area contributed by atoms with E-state index < -0.39 is 0 Å². The van der Waals surface area contributed by atoms with Gasteiger partial charge in [-0.15, -0.1) is 5.10 Å². The number of rotatable bonds is 5. The molecule has 0 saturated carbocycles. The molecule has 4 heterocycles. The van der Waals surface area contributed by atoms with Crippen molar-refractivity contribution >= 4 is 17.2 Å². The summed E-state index contributed by atoms with van der Waals surface area (Å²) in [5, 5.41) is 11.7. The summed E-state index contributed by atoms with van der Waals surface area (Å²) in [5.41, 5.74) is 5.41. The summed E-state index contributed by atoms with van der Waals surface area (Å²) in [6.45, 7) is 5.56. The molecule has 0 aliphatic heterocycles. The Balaban J connectivity index is 1.42. The first-order valence-electron chi connectivity index (χ1n) is 10.8. The Morgan fingerprint density at radius 2 is 1.82 bits per heavy atom. The largest absolute Gasteiger partial charge is 0.324 e. The first-order valence-corrected chi connectivity index (χ1v) is 10.8. The number of hydrogen-bond donors (Lipinski definition) is 1. The molecule has 5 rings (SSSR count). The molecule has 0 aliphatic rings. The number of imidazole rings is 1. The van der Waals surface area contributed by atoms with E-state index in [1.54, 1.807) is 10.7 Å². The van der Waals surface area contributed by atoms with Gasteiger partial charge in [0.25, 0.3) is 5.56 Å². The van der Waals surface area contributed by atoms with E-state index in [1.807, 2.05) is 80.0 Å². The minimum atomic E-state index is -0.371. The maximum Gasteiger partial charge on any atom is 0.267 e. The van der Waals surface area contributed by atoms with Gasteiger partial charge in [-0.2, -0.15) is 5.10 Å². The molecule has 0 unspecified atom stereocenters. The standard InChI is InChI=1S/C25H23N7O2/c1-16-7-6-12-30-14-21(27-25(16)30)19-8-4-5-9-20(19)26-23(33)15-31-24(34)11-10-22(29-31)32-18(3)13-17(2)28-32/h4-14H,15H2,1-3H3,(H,26,33). The van der Waals surface area contributed by atoms with E-state index in [-0.39, 0.29) is 18.0 Å². The fourth-order valence-electron chi connectivity index (χ4n) is 3.95. The van der Waals surface area contributed by atoms with Crippen LogP contribution in [-0.2, 0) is 11.3 Å². The summed E-state index contributed by atoms with van der Waals surface area (Å²) in [6.07, 6.45) is 3.87. The number of nitrogens with one attached hydrogen (secondary N) is 1. The van der Waals surface area contributed by atoms with Crippen LogP contribution in [0.2, 0.25) is 0 Å². The second kappa shape index (κ2) is 8.43. The van der Waals surface area contributed by atoms with Gasteiger partial charge in [0.2, 0.25) is 5.91 Å². The van der Waals surface area contributed by atoms with Crippen molar-refractivity contribution < 1.29 is 4.79 Å². The average Bonchev–Trinajstić information content (AvgIpc) is 3.39. The fourth-order valence-corrected chi connectivity index (χ4v) is 3.95. The number of aromatic nitrogens is 6. The number of hydrogen-bond acceptors (Lipinski definition) is 5. The Kier molecular flexibility index (Phi) is 5.29. The Labute approximate surface area is 195 Å². The molecule has 4 aromatic heterocycles. The van der Waals surface area contributed by atoms with E-state index in [2.05, 4.69) is 15.5 Å². The molecular weight excluding hydrogens is 430 g/mol. The van der Waals surface area contributed by atoms with Gasteiger partial charge in [0.1, 0.15) is 12.2 Å². The topological polar surface area (TPSA) is 99.1 Å². The number of carbonyl (C=O) groups is 1. The fraction of sp³-hybridized carbons (Fsp3) is 0.160. The van der Waals surface area contributed by atoms with Gasteiger partial charge in [-0.25, -0.2) is 14.3 Å². The minimum absolute atomic E-state index is 0.232. The lowest BCUT2D eigenvalue weighted by molar-refractivity contribution is -0.117. The van der Waals surface area contributed by atoms with Crippen LogP contribution in [0.25, 0.3) is 22.7 Å². The lowest BCUT2D eigenvalue weighted by atomic mass is 10.1. The zero-order valence-electron chi connectivity index (χ0n) is 19.1. The van der Waals surface area contributed by atoms with E-state index in [0.717, 1.165) is 38.5 Å². The van der Waals surface area contributed by atoms with Gasteiger partial charge in [-0.1, -0.05) is 24.3 Å². The smallest absolute Gasteiger partial charge is 0.267 e. The first-order chi connectivity index (χ1) is 16.4. The molecule has 0 fully saturated rings. The molecule has 0 radical (unpaired) electrons. The van der Waals surface area contributed by atoms with Gasteiger partial charge in [-0.3, -0.25) is 9.59 Å². The molecule has 1 amide bonds. The van der Waals surface area contributed by atoms with Crippen LogP contribution in [-0.4, -0.2) is 34.9 Å². The van der Waals surface area contributed by atoms with Gasteiger partial charge >= 0.3 is 0 Å². The van der Waals surface area contributed by atoms with Gasteiger partial charge < -0.3 is 9.72 Å². The van der Waals surface area contributed by atoms with Crippen molar-refractivity contribution in [2.24, 2.45) is 0 Å². The Bertz CT molecular complexity index is 1590. The number of anilines is 1. The molecule has 170 valence electrons. The van der Waals surface area contributed by atoms with Crippen molar-refractivity contribution in [2.75, 3.05) is 5.32 Å². The minimum Gasteiger partial charge on any atom is -0.324 e. The van der Waals surface area contributed by atoms with E-state index in [1.165, 1.54) is 6.07 Å². The summed E-state index contributed by atoms with van der Waals surface area (Å²) in [4.78, 5) is 30.0. The quantitative estimate of drug-likeness (QED) is 0.440. The van der Waals surface area contributed by atoms with Crippen molar-refractivity contribution in [1.29, 1.82) is 0 Å². The molecule has 0 spiro atoms.